The molecule has 0 aliphatic rings. The maximum atomic E-state index is 12.8. The minimum absolute atomic E-state index is 0.133. The number of benzene rings is 2. The van der Waals surface area contributed by atoms with E-state index in [1.54, 1.807) is 37.2 Å². The summed E-state index contributed by atoms with van der Waals surface area (Å²) in [4.78, 5) is 34.8. The summed E-state index contributed by atoms with van der Waals surface area (Å²) in [6, 6.07) is 13.4. The smallest absolute Gasteiger partial charge is 0.270 e. The number of nitrogens with zero attached hydrogens (tertiary/aromatic N) is 4. The van der Waals surface area contributed by atoms with Gasteiger partial charge < -0.3 is 10.2 Å². The molecule has 1 aromatic heterocycles. The Morgan fingerprint density at radius 1 is 1.03 bits per heavy atom. The third-order valence-corrected chi connectivity index (χ3v) is 5.07. The van der Waals surface area contributed by atoms with Crippen molar-refractivity contribution in [3.8, 4) is 0 Å². The molecule has 8 nitrogen and oxygen atoms in total. The fourth-order valence-electron chi connectivity index (χ4n) is 2.86. The van der Waals surface area contributed by atoms with Gasteiger partial charge in [-0.1, -0.05) is 0 Å². The molecular formula is C21H21N5O3S. The van der Waals surface area contributed by atoms with Crippen LogP contribution in [0.1, 0.15) is 21.7 Å². The molecule has 0 saturated heterocycles. The first-order valence-corrected chi connectivity index (χ1v) is 9.92. The second-order valence-electron chi connectivity index (χ2n) is 6.87. The largest absolute Gasteiger partial charge is 0.377 e. The number of carbonyl (C=O) groups is 1. The minimum Gasteiger partial charge on any atom is -0.377 e. The van der Waals surface area contributed by atoms with Crippen molar-refractivity contribution in [2.45, 2.75) is 23.9 Å². The summed E-state index contributed by atoms with van der Waals surface area (Å²) < 4.78 is 0. The zero-order valence-corrected chi connectivity index (χ0v) is 17.9. The van der Waals surface area contributed by atoms with Gasteiger partial charge in [0.2, 0.25) is 0 Å². The van der Waals surface area contributed by atoms with Crippen LogP contribution in [-0.4, -0.2) is 34.9 Å². The number of rotatable bonds is 6. The molecule has 0 aliphatic heterocycles. The second-order valence-corrected chi connectivity index (χ2v) is 7.91. The van der Waals surface area contributed by atoms with Crippen LogP contribution in [0.15, 0.2) is 58.6 Å². The van der Waals surface area contributed by atoms with E-state index in [2.05, 4.69) is 15.3 Å². The van der Waals surface area contributed by atoms with Gasteiger partial charge in [0.1, 0.15) is 0 Å². The maximum Gasteiger partial charge on any atom is 0.270 e. The second kappa shape index (κ2) is 8.91. The summed E-state index contributed by atoms with van der Waals surface area (Å²) in [6.07, 6.45) is 0. The molecule has 0 atom stereocenters. The summed E-state index contributed by atoms with van der Waals surface area (Å²) >= 11 is 1.43. The van der Waals surface area contributed by atoms with Crippen LogP contribution in [-0.2, 0) is 0 Å². The lowest BCUT2D eigenvalue weighted by Gasteiger charge is -2.17. The average Bonchev–Trinajstić information content (AvgIpc) is 2.68. The summed E-state index contributed by atoms with van der Waals surface area (Å²) in [5.74, 6) is -0.416. The molecule has 0 unspecified atom stereocenters. The number of carbonyl (C=O) groups excluding carboxylic acids is 1. The number of nitro groups is 1. The summed E-state index contributed by atoms with van der Waals surface area (Å²) in [5, 5.41) is 14.6. The molecular weight excluding hydrogens is 402 g/mol. The molecule has 0 radical (unpaired) electrons. The Kier molecular flexibility index (Phi) is 6.31. The van der Waals surface area contributed by atoms with Crippen molar-refractivity contribution in [2.24, 2.45) is 0 Å². The topological polar surface area (TPSA) is 101 Å². The number of non-ortho nitro benzene ring substituents is 1. The van der Waals surface area contributed by atoms with Crippen molar-refractivity contribution in [2.75, 3.05) is 24.3 Å². The lowest BCUT2D eigenvalue weighted by atomic mass is 10.1. The van der Waals surface area contributed by atoms with Crippen molar-refractivity contribution in [1.82, 2.24) is 9.97 Å². The van der Waals surface area contributed by atoms with Gasteiger partial charge in [0.05, 0.1) is 10.5 Å². The first-order valence-electron chi connectivity index (χ1n) is 9.10. The number of aryl methyl sites for hydroxylation is 2. The van der Waals surface area contributed by atoms with Gasteiger partial charge in [-0.25, -0.2) is 9.97 Å². The fraction of sp³-hybridized carbons (Fsp3) is 0.190. The highest BCUT2D eigenvalue weighted by molar-refractivity contribution is 7.99. The minimum atomic E-state index is -0.517. The van der Waals surface area contributed by atoms with Gasteiger partial charge in [-0.15, -0.1) is 0 Å². The number of amides is 1. The van der Waals surface area contributed by atoms with Crippen LogP contribution < -0.4 is 10.2 Å². The molecule has 3 rings (SSSR count). The third kappa shape index (κ3) is 5.12. The Hall–Kier alpha value is -3.46. The number of hydrogen-bond donors (Lipinski definition) is 1. The van der Waals surface area contributed by atoms with Crippen LogP contribution in [0.5, 0.6) is 0 Å². The Labute approximate surface area is 178 Å². The van der Waals surface area contributed by atoms with E-state index in [1.807, 2.05) is 32.0 Å². The molecule has 0 fully saturated rings. The van der Waals surface area contributed by atoms with E-state index in [1.165, 1.54) is 23.9 Å². The quantitative estimate of drug-likeness (QED) is 0.354. The molecule has 2 aromatic carbocycles. The van der Waals surface area contributed by atoms with Gasteiger partial charge in [-0.2, -0.15) is 0 Å². The van der Waals surface area contributed by atoms with Crippen molar-refractivity contribution in [3.63, 3.8) is 0 Å². The fourth-order valence-corrected chi connectivity index (χ4v) is 3.72. The van der Waals surface area contributed by atoms with E-state index in [4.69, 9.17) is 0 Å². The predicted molar refractivity (Wildman–Crippen MR) is 117 cm³/mol. The first-order chi connectivity index (χ1) is 14.2. The van der Waals surface area contributed by atoms with E-state index in [9.17, 15) is 14.9 Å². The molecule has 30 heavy (non-hydrogen) atoms. The van der Waals surface area contributed by atoms with Crippen LogP contribution in [0.4, 0.5) is 17.1 Å². The monoisotopic (exact) mass is 423 g/mol. The number of hydrogen-bond acceptors (Lipinski definition) is 7. The van der Waals surface area contributed by atoms with Gasteiger partial charge in [-0.05, 0) is 62.0 Å². The lowest BCUT2D eigenvalue weighted by molar-refractivity contribution is -0.384. The maximum absolute atomic E-state index is 12.8. The molecule has 1 heterocycles. The van der Waals surface area contributed by atoms with Crippen molar-refractivity contribution < 1.29 is 9.72 Å². The van der Waals surface area contributed by atoms with E-state index >= 15 is 0 Å². The van der Waals surface area contributed by atoms with Gasteiger partial charge in [-0.3, -0.25) is 14.9 Å². The van der Waals surface area contributed by atoms with Gasteiger partial charge >= 0.3 is 0 Å². The highest BCUT2D eigenvalue weighted by Crippen LogP contribution is 2.28. The molecule has 3 aromatic rings. The normalized spacial score (nSPS) is 10.5. The Bertz CT molecular complexity index is 1080. The Morgan fingerprint density at radius 2 is 1.67 bits per heavy atom. The van der Waals surface area contributed by atoms with Crippen LogP contribution in [0.3, 0.4) is 0 Å². The van der Waals surface area contributed by atoms with E-state index in [-0.39, 0.29) is 11.3 Å². The van der Waals surface area contributed by atoms with Crippen molar-refractivity contribution in [3.05, 3.63) is 75.6 Å². The number of nitrogens with one attached hydrogen (secondary N) is 1. The molecule has 0 aliphatic carbocycles. The highest BCUT2D eigenvalue weighted by atomic mass is 32.2. The molecule has 1 N–H and O–H groups in total. The van der Waals surface area contributed by atoms with Crippen LogP contribution >= 0.6 is 11.8 Å². The molecule has 9 heteroatoms. The third-order valence-electron chi connectivity index (χ3n) is 4.20. The van der Waals surface area contributed by atoms with Crippen LogP contribution in [0.2, 0.25) is 0 Å². The van der Waals surface area contributed by atoms with Crippen molar-refractivity contribution in [1.29, 1.82) is 0 Å². The standard InChI is InChI=1S/C21H21N5O3S/c1-13-11-14(2)23-21(22-13)30-17-8-5-15(6-9-17)24-20(27)18-12-16(26(28)29)7-10-19(18)25(3)4/h5-12H,1-4H3,(H,24,27). The number of nitro benzene ring substituents is 1. The molecule has 0 saturated carbocycles. The summed E-state index contributed by atoms with van der Waals surface area (Å²) in [7, 11) is 3.55. The van der Waals surface area contributed by atoms with Crippen LogP contribution in [0, 0.1) is 24.0 Å². The van der Waals surface area contributed by atoms with E-state index < -0.39 is 10.8 Å². The Balaban J connectivity index is 1.77. The summed E-state index contributed by atoms with van der Waals surface area (Å²) in [6.45, 7) is 3.85. The lowest BCUT2D eigenvalue weighted by Crippen LogP contribution is -2.18. The van der Waals surface area contributed by atoms with Gasteiger partial charge in [0.25, 0.3) is 11.6 Å². The molecule has 0 spiro atoms. The molecule has 154 valence electrons. The molecule has 0 bridgehead atoms. The summed E-state index contributed by atoms with van der Waals surface area (Å²) in [5.41, 5.74) is 3.09. The zero-order chi connectivity index (χ0) is 21.8. The number of anilines is 2. The van der Waals surface area contributed by atoms with E-state index in [0.717, 1.165) is 16.3 Å². The molecule has 1 amide bonds. The first kappa shape index (κ1) is 21.3. The highest BCUT2D eigenvalue weighted by Gasteiger charge is 2.18. The zero-order valence-electron chi connectivity index (χ0n) is 17.0. The Morgan fingerprint density at radius 3 is 2.23 bits per heavy atom. The van der Waals surface area contributed by atoms with E-state index in [0.29, 0.717) is 16.5 Å². The SMILES string of the molecule is Cc1cc(C)nc(Sc2ccc(NC(=O)c3cc([N+](=O)[O-])ccc3N(C)C)cc2)n1. The predicted octanol–water partition coefficient (Wildman–Crippen LogP) is 4.47. The van der Waals surface area contributed by atoms with Gasteiger partial charge in [0, 0.05) is 53.9 Å². The van der Waals surface area contributed by atoms with Crippen LogP contribution in [0.25, 0.3) is 0 Å². The average molecular weight is 423 g/mol. The van der Waals surface area contributed by atoms with Crippen molar-refractivity contribution >= 4 is 34.7 Å². The number of aromatic nitrogens is 2. The van der Waals surface area contributed by atoms with Gasteiger partial charge in [0.15, 0.2) is 5.16 Å².